The summed E-state index contributed by atoms with van der Waals surface area (Å²) in [6.45, 7) is 5.08. The number of ketones is 1. The molecule has 0 spiro atoms. The van der Waals surface area contributed by atoms with E-state index in [1.165, 1.54) is 20.3 Å². The van der Waals surface area contributed by atoms with E-state index in [2.05, 4.69) is 15.9 Å². The summed E-state index contributed by atoms with van der Waals surface area (Å²) >= 11 is 3.35. The van der Waals surface area contributed by atoms with Gasteiger partial charge >= 0.3 is 17.9 Å². The minimum atomic E-state index is -1.05. The highest BCUT2D eigenvalue weighted by Gasteiger charge is 2.67. The van der Waals surface area contributed by atoms with Crippen LogP contribution in [0.5, 0.6) is 0 Å². The third-order valence-electron chi connectivity index (χ3n) is 7.89. The zero-order valence-electron chi connectivity index (χ0n) is 18.5. The first-order valence-electron chi connectivity index (χ1n) is 10.7. The molecular formula is C23H27BrO8. The Morgan fingerprint density at radius 2 is 1.94 bits per heavy atom. The Morgan fingerprint density at radius 3 is 2.53 bits per heavy atom. The van der Waals surface area contributed by atoms with Crippen molar-refractivity contribution in [1.82, 2.24) is 0 Å². The second-order valence-corrected chi connectivity index (χ2v) is 10.3. The number of cyclic esters (lactones) is 1. The van der Waals surface area contributed by atoms with Gasteiger partial charge in [-0.05, 0) is 52.1 Å². The number of ether oxygens (including phenoxy) is 3. The van der Waals surface area contributed by atoms with Gasteiger partial charge < -0.3 is 18.6 Å². The van der Waals surface area contributed by atoms with Crippen LogP contribution in [0.15, 0.2) is 21.4 Å². The summed E-state index contributed by atoms with van der Waals surface area (Å²) in [4.78, 5) is 51.4. The van der Waals surface area contributed by atoms with Crippen LogP contribution in [0.3, 0.4) is 0 Å². The largest absolute Gasteiger partial charge is 0.469 e. The third-order valence-corrected chi connectivity index (χ3v) is 8.53. The molecule has 0 bridgehead atoms. The average Bonchev–Trinajstić information content (AvgIpc) is 3.14. The Kier molecular flexibility index (Phi) is 5.76. The van der Waals surface area contributed by atoms with Gasteiger partial charge in [0.25, 0.3) is 0 Å². The normalized spacial score (nSPS) is 38.8. The highest BCUT2D eigenvalue weighted by Crippen LogP contribution is 2.65. The summed E-state index contributed by atoms with van der Waals surface area (Å²) in [5, 5.41) is 0. The van der Waals surface area contributed by atoms with Crippen molar-refractivity contribution in [1.29, 1.82) is 0 Å². The molecule has 0 aromatic carbocycles. The molecular weight excluding hydrogens is 484 g/mol. The topological polar surface area (TPSA) is 109 Å². The fourth-order valence-electron chi connectivity index (χ4n) is 6.53. The molecule has 7 atom stereocenters. The first-order chi connectivity index (χ1) is 15.0. The fraction of sp³-hybridized carbons (Fsp3) is 0.652. The van der Waals surface area contributed by atoms with Crippen LogP contribution in [0, 0.1) is 28.6 Å². The Hall–Kier alpha value is -2.16. The third kappa shape index (κ3) is 3.40. The van der Waals surface area contributed by atoms with Gasteiger partial charge in [-0.15, -0.1) is 0 Å². The molecule has 9 heteroatoms. The number of carbonyl (C=O) groups excluding carboxylic acids is 4. The van der Waals surface area contributed by atoms with E-state index in [1.807, 2.05) is 13.8 Å². The summed E-state index contributed by atoms with van der Waals surface area (Å²) in [7, 11) is 1.32. The van der Waals surface area contributed by atoms with Gasteiger partial charge in [0.15, 0.2) is 16.6 Å². The molecule has 2 heterocycles. The highest BCUT2D eigenvalue weighted by atomic mass is 79.9. The molecule has 1 aliphatic heterocycles. The molecule has 1 saturated heterocycles. The van der Waals surface area contributed by atoms with E-state index >= 15 is 0 Å². The number of halogens is 1. The molecule has 8 nitrogen and oxygen atoms in total. The van der Waals surface area contributed by atoms with Gasteiger partial charge in [-0.2, -0.15) is 0 Å². The Labute approximate surface area is 194 Å². The number of fused-ring (bicyclic) bond motifs is 3. The SMILES string of the molecule is COC(=O)[C@@H]1C[C@@H](OC(C)=O)C(=O)[C@H]2[C@@]1(C)CC[C@H]1C(=O)O[C@@H](c3ccoc3Br)C[C@]21C. The van der Waals surface area contributed by atoms with Crippen LogP contribution < -0.4 is 0 Å². The molecule has 3 fully saturated rings. The molecule has 32 heavy (non-hydrogen) atoms. The predicted molar refractivity (Wildman–Crippen MR) is 113 cm³/mol. The Morgan fingerprint density at radius 1 is 1.22 bits per heavy atom. The number of esters is 3. The van der Waals surface area contributed by atoms with Crippen LogP contribution >= 0.6 is 15.9 Å². The summed E-state index contributed by atoms with van der Waals surface area (Å²) in [6, 6.07) is 1.73. The maximum absolute atomic E-state index is 13.8. The van der Waals surface area contributed by atoms with Crippen LogP contribution in [0.25, 0.3) is 0 Å². The van der Waals surface area contributed by atoms with E-state index in [9.17, 15) is 19.2 Å². The minimum absolute atomic E-state index is 0.0833. The van der Waals surface area contributed by atoms with Gasteiger partial charge in [0.05, 0.1) is 25.2 Å². The van der Waals surface area contributed by atoms with E-state index in [1.54, 1.807) is 6.07 Å². The highest BCUT2D eigenvalue weighted by molar-refractivity contribution is 9.10. The van der Waals surface area contributed by atoms with E-state index in [0.29, 0.717) is 29.5 Å². The van der Waals surface area contributed by atoms with Crippen LogP contribution in [0.1, 0.15) is 58.1 Å². The second-order valence-electron chi connectivity index (χ2n) is 9.63. The van der Waals surface area contributed by atoms with E-state index in [-0.39, 0.29) is 18.2 Å². The van der Waals surface area contributed by atoms with Gasteiger partial charge in [-0.25, -0.2) is 0 Å². The van der Waals surface area contributed by atoms with Crippen molar-refractivity contribution in [2.75, 3.05) is 7.11 Å². The summed E-state index contributed by atoms with van der Waals surface area (Å²) in [6.07, 6.45) is 1.31. The summed E-state index contributed by atoms with van der Waals surface area (Å²) in [5.41, 5.74) is -0.845. The number of Topliss-reactive ketones (excluding diaryl/α,β-unsaturated/α-hetero) is 1. The number of carbonyl (C=O) groups is 4. The number of methoxy groups -OCH3 is 1. The van der Waals surface area contributed by atoms with Crippen molar-refractivity contribution in [2.45, 2.75) is 58.7 Å². The number of hydrogen-bond donors (Lipinski definition) is 0. The molecule has 174 valence electrons. The number of hydrogen-bond acceptors (Lipinski definition) is 8. The van der Waals surface area contributed by atoms with E-state index in [0.717, 1.165) is 0 Å². The lowest BCUT2D eigenvalue weighted by Crippen LogP contribution is -2.64. The van der Waals surface area contributed by atoms with Gasteiger partial charge in [0.1, 0.15) is 6.10 Å². The van der Waals surface area contributed by atoms with Crippen molar-refractivity contribution in [2.24, 2.45) is 28.6 Å². The van der Waals surface area contributed by atoms with Crippen LogP contribution in [0.4, 0.5) is 0 Å². The number of rotatable bonds is 3. The molecule has 3 aliphatic rings. The van der Waals surface area contributed by atoms with Crippen molar-refractivity contribution in [3.05, 3.63) is 22.6 Å². The average molecular weight is 511 g/mol. The molecule has 1 aromatic heterocycles. The zero-order chi connectivity index (χ0) is 23.4. The Balaban J connectivity index is 1.80. The molecule has 0 radical (unpaired) electrons. The van der Waals surface area contributed by atoms with Crippen molar-refractivity contribution in [3.8, 4) is 0 Å². The van der Waals surface area contributed by atoms with Gasteiger partial charge in [-0.1, -0.05) is 13.8 Å². The standard InChI is InChI=1S/C23H27BrO8/c1-11(25)31-15-9-14(20(27)29-4)22(2)7-5-13-21(28)32-16(12-6-8-30-19(12)24)10-23(13,3)18(22)17(15)26/h6,8,13-16,18H,5,7,9-10H2,1-4H3/t13-,14-,15+,16+,18-,22-,23-/m0/s1. The summed E-state index contributed by atoms with van der Waals surface area (Å²) in [5.74, 6) is -3.44. The maximum atomic E-state index is 13.8. The Bertz CT molecular complexity index is 969. The lowest BCUT2D eigenvalue weighted by molar-refractivity contribution is -0.210. The van der Waals surface area contributed by atoms with Crippen LogP contribution in [-0.4, -0.2) is 36.9 Å². The van der Waals surface area contributed by atoms with Gasteiger partial charge in [0.2, 0.25) is 0 Å². The molecule has 2 saturated carbocycles. The minimum Gasteiger partial charge on any atom is -0.469 e. The van der Waals surface area contributed by atoms with Gasteiger partial charge in [0, 0.05) is 24.8 Å². The molecule has 2 aliphatic carbocycles. The van der Waals surface area contributed by atoms with E-state index in [4.69, 9.17) is 18.6 Å². The maximum Gasteiger partial charge on any atom is 0.310 e. The quantitative estimate of drug-likeness (QED) is 0.446. The van der Waals surface area contributed by atoms with Crippen molar-refractivity contribution < 1.29 is 37.8 Å². The van der Waals surface area contributed by atoms with Crippen molar-refractivity contribution >= 4 is 39.6 Å². The summed E-state index contributed by atoms with van der Waals surface area (Å²) < 4.78 is 22.0. The molecule has 0 amide bonds. The lowest BCUT2D eigenvalue weighted by atomic mass is 9.43. The first kappa shape index (κ1) is 23.0. The lowest BCUT2D eigenvalue weighted by Gasteiger charge is -2.61. The molecule has 1 aromatic rings. The van der Waals surface area contributed by atoms with Crippen molar-refractivity contribution in [3.63, 3.8) is 0 Å². The molecule has 0 N–H and O–H groups in total. The number of furan rings is 1. The van der Waals surface area contributed by atoms with Crippen LogP contribution in [0.2, 0.25) is 0 Å². The van der Waals surface area contributed by atoms with E-state index < -0.39 is 52.7 Å². The smallest absolute Gasteiger partial charge is 0.310 e. The zero-order valence-corrected chi connectivity index (χ0v) is 20.1. The van der Waals surface area contributed by atoms with Gasteiger partial charge in [-0.3, -0.25) is 19.2 Å². The van der Waals surface area contributed by atoms with Crippen LogP contribution in [-0.2, 0) is 33.4 Å². The predicted octanol–water partition coefficient (Wildman–Crippen LogP) is 3.76. The molecule has 0 unspecified atom stereocenters. The monoisotopic (exact) mass is 510 g/mol. The molecule has 4 rings (SSSR count). The fourth-order valence-corrected chi connectivity index (χ4v) is 7.02. The first-order valence-corrected chi connectivity index (χ1v) is 11.5. The second kappa shape index (κ2) is 8.01.